The van der Waals surface area contributed by atoms with Gasteiger partial charge in [-0.05, 0) is 32.9 Å². The first-order chi connectivity index (χ1) is 7.61. The van der Waals surface area contributed by atoms with Crippen LogP contribution in [-0.2, 0) is 13.7 Å². The van der Waals surface area contributed by atoms with Crippen molar-refractivity contribution in [3.8, 4) is 0 Å². The molecule has 0 saturated carbocycles. The summed E-state index contributed by atoms with van der Waals surface area (Å²) < 4.78 is 1.79. The lowest BCUT2D eigenvalue weighted by Gasteiger charge is -2.19. The molecule has 0 radical (unpaired) electrons. The molecule has 1 aliphatic rings. The van der Waals surface area contributed by atoms with Crippen molar-refractivity contribution in [3.05, 3.63) is 17.5 Å². The van der Waals surface area contributed by atoms with E-state index in [1.807, 2.05) is 13.1 Å². The van der Waals surface area contributed by atoms with Crippen LogP contribution in [0.3, 0.4) is 0 Å². The molecule has 0 bridgehead atoms. The van der Waals surface area contributed by atoms with Crippen LogP contribution < -0.4 is 0 Å². The van der Waals surface area contributed by atoms with E-state index in [2.05, 4.69) is 23.8 Å². The van der Waals surface area contributed by atoms with E-state index in [1.165, 1.54) is 6.42 Å². The van der Waals surface area contributed by atoms with Crippen LogP contribution in [0.5, 0.6) is 0 Å². The maximum atomic E-state index is 9.14. The van der Waals surface area contributed by atoms with E-state index in [4.69, 9.17) is 5.11 Å². The van der Waals surface area contributed by atoms with Gasteiger partial charge in [0.25, 0.3) is 0 Å². The van der Waals surface area contributed by atoms with E-state index >= 15 is 0 Å². The molecule has 1 aromatic heterocycles. The largest absolute Gasteiger partial charge is 0.390 e. The van der Waals surface area contributed by atoms with Crippen molar-refractivity contribution in [1.82, 2.24) is 14.7 Å². The lowest BCUT2D eigenvalue weighted by Crippen LogP contribution is -2.27. The van der Waals surface area contributed by atoms with Crippen LogP contribution in [0.25, 0.3) is 0 Å². The molecule has 2 heterocycles. The van der Waals surface area contributed by atoms with Gasteiger partial charge in [-0.15, -0.1) is 0 Å². The van der Waals surface area contributed by atoms with E-state index in [-0.39, 0.29) is 6.61 Å². The molecule has 0 amide bonds. The van der Waals surface area contributed by atoms with Gasteiger partial charge in [0.2, 0.25) is 0 Å². The molecule has 1 unspecified atom stereocenters. The third-order valence-electron chi connectivity index (χ3n) is 3.53. The number of aromatic nitrogens is 2. The quantitative estimate of drug-likeness (QED) is 0.834. The summed E-state index contributed by atoms with van der Waals surface area (Å²) in [5, 5.41) is 13.6. The van der Waals surface area contributed by atoms with Gasteiger partial charge < -0.3 is 10.0 Å². The molecule has 1 fully saturated rings. The van der Waals surface area contributed by atoms with Crippen molar-refractivity contribution in [2.24, 2.45) is 7.05 Å². The van der Waals surface area contributed by atoms with E-state index < -0.39 is 0 Å². The molecule has 0 aliphatic carbocycles. The Morgan fingerprint density at radius 3 is 2.81 bits per heavy atom. The molecule has 1 aliphatic heterocycles. The van der Waals surface area contributed by atoms with Gasteiger partial charge in [0.05, 0.1) is 18.0 Å². The first kappa shape index (κ1) is 11.6. The van der Waals surface area contributed by atoms with Crippen LogP contribution in [0.1, 0.15) is 37.6 Å². The first-order valence-corrected chi connectivity index (χ1v) is 5.99. The van der Waals surface area contributed by atoms with E-state index in [9.17, 15) is 0 Å². The predicted octanol–water partition coefficient (Wildman–Crippen LogP) is 1.11. The van der Waals surface area contributed by atoms with E-state index in [0.717, 1.165) is 24.5 Å². The smallest absolute Gasteiger partial charge is 0.0849 e. The summed E-state index contributed by atoms with van der Waals surface area (Å²) >= 11 is 0. The van der Waals surface area contributed by atoms with Crippen molar-refractivity contribution in [3.63, 3.8) is 0 Å². The fourth-order valence-electron chi connectivity index (χ4n) is 2.38. The van der Waals surface area contributed by atoms with Crippen molar-refractivity contribution < 1.29 is 5.11 Å². The van der Waals surface area contributed by atoms with Gasteiger partial charge in [0.15, 0.2) is 0 Å². The zero-order valence-electron chi connectivity index (χ0n) is 10.3. The fourth-order valence-corrected chi connectivity index (χ4v) is 2.38. The molecule has 4 nitrogen and oxygen atoms in total. The monoisotopic (exact) mass is 223 g/mol. The average Bonchev–Trinajstić information content (AvgIpc) is 2.83. The lowest BCUT2D eigenvalue weighted by atomic mass is 10.1. The SMILES string of the molecule is CC(C)N1CCC(c2cc(CO)n(C)n2)C1. The summed E-state index contributed by atoms with van der Waals surface area (Å²) in [7, 11) is 1.89. The Labute approximate surface area is 96.9 Å². The molecule has 1 N–H and O–H groups in total. The number of rotatable bonds is 3. The Hall–Kier alpha value is -0.870. The number of likely N-dealkylation sites (tertiary alicyclic amines) is 1. The zero-order valence-corrected chi connectivity index (χ0v) is 10.3. The highest BCUT2D eigenvalue weighted by Gasteiger charge is 2.27. The second-order valence-corrected chi connectivity index (χ2v) is 4.92. The molecule has 1 saturated heterocycles. The molecular weight excluding hydrogens is 202 g/mol. The standard InChI is InChI=1S/C12H21N3O/c1-9(2)15-5-4-10(7-15)12-6-11(8-16)14(3)13-12/h6,9-10,16H,4-5,7-8H2,1-3H3. The predicted molar refractivity (Wildman–Crippen MR) is 63.2 cm³/mol. The highest BCUT2D eigenvalue weighted by molar-refractivity contribution is 5.16. The highest BCUT2D eigenvalue weighted by atomic mass is 16.3. The van der Waals surface area contributed by atoms with Gasteiger partial charge >= 0.3 is 0 Å². The van der Waals surface area contributed by atoms with Crippen molar-refractivity contribution in [1.29, 1.82) is 0 Å². The maximum absolute atomic E-state index is 9.14. The average molecular weight is 223 g/mol. The Balaban J connectivity index is 2.08. The van der Waals surface area contributed by atoms with Gasteiger partial charge in [0.1, 0.15) is 0 Å². The number of nitrogens with zero attached hydrogens (tertiary/aromatic N) is 3. The molecule has 2 rings (SSSR count). The van der Waals surface area contributed by atoms with Crippen molar-refractivity contribution >= 4 is 0 Å². The van der Waals surface area contributed by atoms with Crippen LogP contribution in [0, 0.1) is 0 Å². The maximum Gasteiger partial charge on any atom is 0.0849 e. The second-order valence-electron chi connectivity index (χ2n) is 4.92. The fraction of sp³-hybridized carbons (Fsp3) is 0.750. The summed E-state index contributed by atoms with van der Waals surface area (Å²) in [5.74, 6) is 0.536. The van der Waals surface area contributed by atoms with Gasteiger partial charge in [-0.2, -0.15) is 5.10 Å². The molecular formula is C12H21N3O. The summed E-state index contributed by atoms with van der Waals surface area (Å²) in [4.78, 5) is 2.48. The molecule has 1 aromatic rings. The number of aliphatic hydroxyl groups excluding tert-OH is 1. The Bertz CT molecular complexity index is 359. The normalized spacial score (nSPS) is 22.2. The van der Waals surface area contributed by atoms with E-state index in [0.29, 0.717) is 12.0 Å². The first-order valence-electron chi connectivity index (χ1n) is 5.99. The summed E-state index contributed by atoms with van der Waals surface area (Å²) in [6.45, 7) is 6.80. The van der Waals surface area contributed by atoms with Gasteiger partial charge in [0, 0.05) is 25.6 Å². The number of hydrogen-bond acceptors (Lipinski definition) is 3. The third-order valence-corrected chi connectivity index (χ3v) is 3.53. The minimum atomic E-state index is 0.0735. The minimum absolute atomic E-state index is 0.0735. The van der Waals surface area contributed by atoms with Gasteiger partial charge in [-0.3, -0.25) is 4.68 Å². The topological polar surface area (TPSA) is 41.3 Å². The molecule has 0 aromatic carbocycles. The highest BCUT2D eigenvalue weighted by Crippen LogP contribution is 2.27. The van der Waals surface area contributed by atoms with E-state index in [1.54, 1.807) is 4.68 Å². The molecule has 4 heteroatoms. The molecule has 1 atom stereocenters. The van der Waals surface area contributed by atoms with Crippen molar-refractivity contribution in [2.45, 2.75) is 38.8 Å². The van der Waals surface area contributed by atoms with Crippen molar-refractivity contribution in [2.75, 3.05) is 13.1 Å². The minimum Gasteiger partial charge on any atom is -0.390 e. The van der Waals surface area contributed by atoms with Crippen LogP contribution in [0.2, 0.25) is 0 Å². The number of hydrogen-bond donors (Lipinski definition) is 1. The number of aryl methyl sites for hydroxylation is 1. The lowest BCUT2D eigenvalue weighted by molar-refractivity contribution is 0.270. The Morgan fingerprint density at radius 2 is 2.31 bits per heavy atom. The molecule has 16 heavy (non-hydrogen) atoms. The Morgan fingerprint density at radius 1 is 1.56 bits per heavy atom. The van der Waals surface area contributed by atoms with Crippen LogP contribution in [-0.4, -0.2) is 38.9 Å². The van der Waals surface area contributed by atoms with Crippen LogP contribution in [0.15, 0.2) is 6.07 Å². The molecule has 90 valence electrons. The van der Waals surface area contributed by atoms with Crippen LogP contribution >= 0.6 is 0 Å². The van der Waals surface area contributed by atoms with Gasteiger partial charge in [-0.1, -0.05) is 0 Å². The number of aliphatic hydroxyl groups is 1. The molecule has 0 spiro atoms. The Kier molecular flexibility index (Phi) is 3.30. The third kappa shape index (κ3) is 2.13. The zero-order chi connectivity index (χ0) is 11.7. The second kappa shape index (κ2) is 4.55. The summed E-state index contributed by atoms with van der Waals surface area (Å²) in [6, 6.07) is 2.65. The summed E-state index contributed by atoms with van der Waals surface area (Å²) in [5.41, 5.74) is 2.03. The van der Waals surface area contributed by atoms with Gasteiger partial charge in [-0.25, -0.2) is 0 Å². The summed E-state index contributed by atoms with van der Waals surface area (Å²) in [6.07, 6.45) is 1.18. The van der Waals surface area contributed by atoms with Crippen LogP contribution in [0.4, 0.5) is 0 Å².